The lowest BCUT2D eigenvalue weighted by molar-refractivity contribution is -0.125. The Bertz CT molecular complexity index is 1090. The summed E-state index contributed by atoms with van der Waals surface area (Å²) < 4.78 is 1.58. The van der Waals surface area contributed by atoms with Gasteiger partial charge in [0.15, 0.2) is 0 Å². The van der Waals surface area contributed by atoms with Gasteiger partial charge < -0.3 is 5.11 Å². The lowest BCUT2D eigenvalue weighted by Crippen LogP contribution is -2.33. The molecule has 144 valence electrons. The maximum Gasteiger partial charge on any atom is 0.335 e. The quantitative estimate of drug-likeness (QED) is 0.697. The fourth-order valence-electron chi connectivity index (χ4n) is 3.78. The molecule has 3 aromatic rings. The largest absolute Gasteiger partial charge is 0.478 e. The van der Waals surface area contributed by atoms with E-state index in [1.165, 1.54) is 12.1 Å². The lowest BCUT2D eigenvalue weighted by atomic mass is 9.68. The number of carboxylic acid groups (broad SMARTS) is 1. The van der Waals surface area contributed by atoms with E-state index in [4.69, 9.17) is 5.11 Å². The minimum absolute atomic E-state index is 0.0552. The van der Waals surface area contributed by atoms with E-state index in [1.807, 2.05) is 30.3 Å². The summed E-state index contributed by atoms with van der Waals surface area (Å²) in [5.41, 5.74) is 2.95. The molecule has 6 nitrogen and oxygen atoms in total. The molecule has 1 aliphatic carbocycles. The van der Waals surface area contributed by atoms with Gasteiger partial charge >= 0.3 is 5.97 Å². The van der Waals surface area contributed by atoms with Crippen molar-refractivity contribution in [1.29, 1.82) is 5.26 Å². The Labute approximate surface area is 168 Å². The van der Waals surface area contributed by atoms with Gasteiger partial charge in [-0.05, 0) is 42.7 Å². The Balaban J connectivity index is 1.56. The van der Waals surface area contributed by atoms with E-state index in [1.54, 1.807) is 23.0 Å². The molecule has 0 aliphatic heterocycles. The van der Waals surface area contributed by atoms with Crippen molar-refractivity contribution in [2.24, 2.45) is 5.92 Å². The van der Waals surface area contributed by atoms with Gasteiger partial charge in [0, 0.05) is 24.5 Å². The van der Waals surface area contributed by atoms with Crippen molar-refractivity contribution < 1.29 is 14.7 Å². The van der Waals surface area contributed by atoms with Crippen molar-refractivity contribution in [3.63, 3.8) is 0 Å². The first-order chi connectivity index (χ1) is 14.1. The predicted molar refractivity (Wildman–Crippen MR) is 106 cm³/mol. The number of carbonyl (C=O) groups is 2. The van der Waals surface area contributed by atoms with Crippen LogP contribution in [-0.2, 0) is 11.2 Å². The fourth-order valence-corrected chi connectivity index (χ4v) is 3.78. The van der Waals surface area contributed by atoms with Crippen molar-refractivity contribution in [3.05, 3.63) is 83.2 Å². The number of ketones is 1. The second kappa shape index (κ2) is 7.72. The van der Waals surface area contributed by atoms with Crippen molar-refractivity contribution in [1.82, 2.24) is 9.78 Å². The molecule has 1 saturated carbocycles. The van der Waals surface area contributed by atoms with Crippen LogP contribution in [0.5, 0.6) is 0 Å². The highest BCUT2D eigenvalue weighted by atomic mass is 16.4. The summed E-state index contributed by atoms with van der Waals surface area (Å²) in [7, 11) is 0. The van der Waals surface area contributed by atoms with E-state index < -0.39 is 5.97 Å². The van der Waals surface area contributed by atoms with Crippen LogP contribution in [0.1, 0.15) is 45.9 Å². The summed E-state index contributed by atoms with van der Waals surface area (Å²) in [6, 6.07) is 18.2. The average Bonchev–Trinajstić information content (AvgIpc) is 3.11. The van der Waals surface area contributed by atoms with Gasteiger partial charge in [-0.2, -0.15) is 10.4 Å². The Hall–Kier alpha value is -3.72. The number of carbonyl (C=O) groups excluding carboxylic acids is 1. The molecule has 1 heterocycles. The number of nitrogens with zero attached hydrogens (tertiary/aromatic N) is 3. The van der Waals surface area contributed by atoms with Crippen LogP contribution in [0.25, 0.3) is 5.69 Å². The highest BCUT2D eigenvalue weighted by Gasteiger charge is 2.40. The van der Waals surface area contributed by atoms with Gasteiger partial charge in [-0.25, -0.2) is 9.48 Å². The predicted octanol–water partition coefficient (Wildman–Crippen LogP) is 3.75. The molecule has 0 amide bonds. The molecule has 1 aromatic heterocycles. The average molecular weight is 385 g/mol. The molecule has 1 aliphatic rings. The second-order valence-electron chi connectivity index (χ2n) is 7.26. The third kappa shape index (κ3) is 3.67. The zero-order valence-electron chi connectivity index (χ0n) is 15.7. The maximum absolute atomic E-state index is 12.8. The number of rotatable bonds is 6. The number of Topliss-reactive ketones (excluding diaryl/α,β-unsaturated/α-hetero) is 1. The maximum atomic E-state index is 12.8. The Morgan fingerprint density at radius 2 is 1.83 bits per heavy atom. The molecular formula is C23H19N3O3. The summed E-state index contributed by atoms with van der Waals surface area (Å²) in [6.07, 6.45) is 3.67. The van der Waals surface area contributed by atoms with Gasteiger partial charge in [-0.15, -0.1) is 0 Å². The van der Waals surface area contributed by atoms with Crippen LogP contribution in [-0.4, -0.2) is 26.6 Å². The Morgan fingerprint density at radius 1 is 1.10 bits per heavy atom. The van der Waals surface area contributed by atoms with Gasteiger partial charge in [0.2, 0.25) is 0 Å². The van der Waals surface area contributed by atoms with E-state index in [-0.39, 0.29) is 23.2 Å². The zero-order valence-corrected chi connectivity index (χ0v) is 15.7. The summed E-state index contributed by atoms with van der Waals surface area (Å²) in [5.74, 6) is -0.998. The van der Waals surface area contributed by atoms with Gasteiger partial charge in [0.05, 0.1) is 22.5 Å². The third-order valence-corrected chi connectivity index (χ3v) is 5.50. The summed E-state index contributed by atoms with van der Waals surface area (Å²) in [5, 5.41) is 23.2. The summed E-state index contributed by atoms with van der Waals surface area (Å²) in [4.78, 5) is 23.8. The molecule has 29 heavy (non-hydrogen) atoms. The number of aromatic carboxylic acids is 1. The number of aromatic nitrogens is 2. The first-order valence-corrected chi connectivity index (χ1v) is 9.47. The highest BCUT2D eigenvalue weighted by molar-refractivity contribution is 5.87. The van der Waals surface area contributed by atoms with E-state index in [2.05, 4.69) is 11.2 Å². The molecule has 6 heteroatoms. The molecule has 1 fully saturated rings. The standard InChI is InChI=1S/C23H19N3O3/c24-13-17-14-26(18-8-6-16(7-9-18)23(28)29)25-22(17)20-11-10-19(20)21(27)12-15-4-2-1-3-5-15/h1-9,14,19-20H,10-12H2,(H,28,29)/t19-,20?/m0/s1. The van der Waals surface area contributed by atoms with E-state index >= 15 is 0 Å². The van der Waals surface area contributed by atoms with Crippen LogP contribution in [0, 0.1) is 17.2 Å². The Kier molecular flexibility index (Phi) is 4.96. The van der Waals surface area contributed by atoms with Crippen molar-refractivity contribution >= 4 is 11.8 Å². The SMILES string of the molecule is N#Cc1cn(-c2ccc(C(=O)O)cc2)nc1C1CC[C@@H]1C(=O)Cc1ccccc1. The molecular weight excluding hydrogens is 366 g/mol. The fraction of sp³-hybridized carbons (Fsp3) is 0.217. The molecule has 0 radical (unpaired) electrons. The van der Waals surface area contributed by atoms with Crippen LogP contribution in [0.3, 0.4) is 0 Å². The van der Waals surface area contributed by atoms with Gasteiger partial charge in [-0.3, -0.25) is 4.79 Å². The highest BCUT2D eigenvalue weighted by Crippen LogP contribution is 2.44. The zero-order chi connectivity index (χ0) is 20.4. The molecule has 4 rings (SSSR count). The van der Waals surface area contributed by atoms with Gasteiger partial charge in [-0.1, -0.05) is 30.3 Å². The van der Waals surface area contributed by atoms with Crippen LogP contribution in [0.15, 0.2) is 60.8 Å². The molecule has 0 bridgehead atoms. The number of nitriles is 1. The van der Waals surface area contributed by atoms with Crippen LogP contribution in [0.2, 0.25) is 0 Å². The van der Waals surface area contributed by atoms with Crippen molar-refractivity contribution in [2.45, 2.75) is 25.2 Å². The Morgan fingerprint density at radius 3 is 2.41 bits per heavy atom. The number of hydrogen-bond acceptors (Lipinski definition) is 4. The molecule has 0 spiro atoms. The first kappa shape index (κ1) is 18.6. The monoisotopic (exact) mass is 385 g/mol. The minimum atomic E-state index is -0.996. The molecule has 2 aromatic carbocycles. The topological polar surface area (TPSA) is 96.0 Å². The van der Waals surface area contributed by atoms with Crippen LogP contribution in [0.4, 0.5) is 0 Å². The normalized spacial score (nSPS) is 17.9. The lowest BCUT2D eigenvalue weighted by Gasteiger charge is -2.34. The summed E-state index contributed by atoms with van der Waals surface area (Å²) >= 11 is 0. The van der Waals surface area contributed by atoms with Crippen molar-refractivity contribution in [3.8, 4) is 11.8 Å². The molecule has 2 atom stereocenters. The molecule has 1 N–H and O–H groups in total. The van der Waals surface area contributed by atoms with E-state index in [0.29, 0.717) is 23.4 Å². The molecule has 0 saturated heterocycles. The van der Waals surface area contributed by atoms with Crippen LogP contribution >= 0.6 is 0 Å². The number of carboxylic acids is 1. The third-order valence-electron chi connectivity index (χ3n) is 5.50. The number of hydrogen-bond donors (Lipinski definition) is 1. The first-order valence-electron chi connectivity index (χ1n) is 9.47. The summed E-state index contributed by atoms with van der Waals surface area (Å²) in [6.45, 7) is 0. The van der Waals surface area contributed by atoms with Gasteiger partial charge in [0.1, 0.15) is 11.9 Å². The van der Waals surface area contributed by atoms with Crippen LogP contribution < -0.4 is 0 Å². The van der Waals surface area contributed by atoms with Gasteiger partial charge in [0.25, 0.3) is 0 Å². The van der Waals surface area contributed by atoms with Crippen molar-refractivity contribution in [2.75, 3.05) is 0 Å². The van der Waals surface area contributed by atoms with E-state index in [9.17, 15) is 14.9 Å². The smallest absolute Gasteiger partial charge is 0.335 e. The number of benzene rings is 2. The van der Waals surface area contributed by atoms with E-state index in [0.717, 1.165) is 18.4 Å². The minimum Gasteiger partial charge on any atom is -0.478 e. The molecule has 1 unspecified atom stereocenters. The second-order valence-corrected chi connectivity index (χ2v) is 7.26.